The van der Waals surface area contributed by atoms with Crippen LogP contribution in [-0.2, 0) is 22.8 Å². The summed E-state index contributed by atoms with van der Waals surface area (Å²) in [5.74, 6) is 0. The maximum Gasteiger partial charge on any atom is 0.416 e. The molecule has 0 amide bonds. The molecule has 0 unspecified atom stereocenters. The Morgan fingerprint density at radius 3 is 2.14 bits per heavy atom. The molecule has 0 saturated heterocycles. The Hall–Kier alpha value is -2.06. The van der Waals surface area contributed by atoms with Crippen molar-refractivity contribution in [2.75, 3.05) is 4.72 Å². The summed E-state index contributed by atoms with van der Waals surface area (Å²) in [6.45, 7) is -0.369. The minimum atomic E-state index is -4.53. The molecule has 22 heavy (non-hydrogen) atoms. The van der Waals surface area contributed by atoms with Gasteiger partial charge >= 0.3 is 6.18 Å². The second-order valence-electron chi connectivity index (χ2n) is 4.44. The zero-order chi connectivity index (χ0) is 16.4. The normalized spacial score (nSPS) is 12.2. The van der Waals surface area contributed by atoms with E-state index in [4.69, 9.17) is 5.11 Å². The number of aliphatic hydroxyl groups is 1. The molecule has 2 rings (SSSR count). The average Bonchev–Trinajstić information content (AvgIpc) is 2.47. The molecule has 0 heterocycles. The van der Waals surface area contributed by atoms with Crippen molar-refractivity contribution >= 4 is 15.7 Å². The van der Waals surface area contributed by atoms with E-state index < -0.39 is 21.8 Å². The van der Waals surface area contributed by atoms with Crippen molar-refractivity contribution in [2.45, 2.75) is 17.7 Å². The third kappa shape index (κ3) is 3.58. The number of sulfonamides is 1. The van der Waals surface area contributed by atoms with Gasteiger partial charge in [-0.15, -0.1) is 0 Å². The number of rotatable bonds is 4. The van der Waals surface area contributed by atoms with Gasteiger partial charge in [-0.3, -0.25) is 4.72 Å². The highest BCUT2D eigenvalue weighted by Gasteiger charge is 2.30. The Morgan fingerprint density at radius 1 is 1.00 bits per heavy atom. The van der Waals surface area contributed by atoms with Gasteiger partial charge in [0.25, 0.3) is 10.0 Å². The average molecular weight is 331 g/mol. The van der Waals surface area contributed by atoms with Crippen molar-refractivity contribution in [2.24, 2.45) is 0 Å². The number of aliphatic hydroxyl groups excluding tert-OH is 1. The van der Waals surface area contributed by atoms with Crippen molar-refractivity contribution in [3.8, 4) is 0 Å². The van der Waals surface area contributed by atoms with Crippen molar-refractivity contribution in [3.63, 3.8) is 0 Å². The third-order valence-electron chi connectivity index (χ3n) is 2.92. The molecular weight excluding hydrogens is 319 g/mol. The fourth-order valence-electron chi connectivity index (χ4n) is 1.78. The molecule has 118 valence electrons. The molecule has 0 saturated carbocycles. The van der Waals surface area contributed by atoms with Crippen molar-refractivity contribution in [3.05, 3.63) is 59.7 Å². The van der Waals surface area contributed by atoms with E-state index in [-0.39, 0.29) is 17.2 Å². The van der Waals surface area contributed by atoms with Crippen molar-refractivity contribution in [1.82, 2.24) is 0 Å². The number of hydrogen-bond acceptors (Lipinski definition) is 3. The second-order valence-corrected chi connectivity index (χ2v) is 6.13. The van der Waals surface area contributed by atoms with Crippen LogP contribution < -0.4 is 4.72 Å². The summed E-state index contributed by atoms with van der Waals surface area (Å²) >= 11 is 0. The van der Waals surface area contributed by atoms with Gasteiger partial charge in [-0.2, -0.15) is 13.2 Å². The van der Waals surface area contributed by atoms with Gasteiger partial charge in [0.1, 0.15) is 0 Å². The largest absolute Gasteiger partial charge is 0.416 e. The quantitative estimate of drug-likeness (QED) is 0.905. The molecule has 2 N–H and O–H groups in total. The highest BCUT2D eigenvalue weighted by molar-refractivity contribution is 7.92. The molecule has 8 heteroatoms. The molecular formula is C14H12F3NO3S. The summed E-state index contributed by atoms with van der Waals surface area (Å²) in [6.07, 6.45) is -4.53. The van der Waals surface area contributed by atoms with Crippen LogP contribution in [0.1, 0.15) is 11.1 Å². The molecule has 0 fully saturated rings. The Bertz CT molecular complexity index is 756. The zero-order valence-corrected chi connectivity index (χ0v) is 11.9. The Balaban J connectivity index is 2.31. The van der Waals surface area contributed by atoms with E-state index in [0.717, 1.165) is 12.1 Å². The van der Waals surface area contributed by atoms with Gasteiger partial charge in [0, 0.05) is 5.56 Å². The van der Waals surface area contributed by atoms with E-state index in [2.05, 4.69) is 4.72 Å². The van der Waals surface area contributed by atoms with Gasteiger partial charge in [0.2, 0.25) is 0 Å². The van der Waals surface area contributed by atoms with E-state index >= 15 is 0 Å². The predicted molar refractivity (Wildman–Crippen MR) is 74.6 cm³/mol. The molecule has 2 aromatic carbocycles. The summed E-state index contributed by atoms with van der Waals surface area (Å²) in [6, 6.07) is 9.35. The van der Waals surface area contributed by atoms with Crippen LogP contribution in [0.25, 0.3) is 0 Å². The smallest absolute Gasteiger partial charge is 0.392 e. The lowest BCUT2D eigenvalue weighted by atomic mass is 10.2. The van der Waals surface area contributed by atoms with Crippen LogP contribution in [0.3, 0.4) is 0 Å². The van der Waals surface area contributed by atoms with Crippen molar-refractivity contribution < 1.29 is 26.7 Å². The van der Waals surface area contributed by atoms with Crippen LogP contribution in [0.4, 0.5) is 18.9 Å². The summed E-state index contributed by atoms with van der Waals surface area (Å²) < 4.78 is 64.0. The molecule has 0 atom stereocenters. The number of halogens is 3. The van der Waals surface area contributed by atoms with E-state index in [1.54, 1.807) is 12.1 Å². The highest BCUT2D eigenvalue weighted by atomic mass is 32.2. The van der Waals surface area contributed by atoms with E-state index in [1.807, 2.05) is 0 Å². The molecule has 4 nitrogen and oxygen atoms in total. The molecule has 0 aliphatic carbocycles. The standard InChI is InChI=1S/C14H12F3NO3S/c15-14(16,17)11-5-7-12(8-6-11)22(20,21)18-13-4-2-1-3-10(13)9-19/h1-8,18-19H,9H2. The van der Waals surface area contributed by atoms with Crippen LogP contribution in [0.2, 0.25) is 0 Å². The molecule has 0 aliphatic heterocycles. The van der Waals surface area contributed by atoms with Crippen LogP contribution in [-0.4, -0.2) is 13.5 Å². The molecule has 0 radical (unpaired) electrons. The van der Waals surface area contributed by atoms with E-state index in [1.165, 1.54) is 12.1 Å². The van der Waals surface area contributed by atoms with Crippen molar-refractivity contribution in [1.29, 1.82) is 0 Å². The summed E-state index contributed by atoms with van der Waals surface area (Å²) in [7, 11) is -4.04. The first-order valence-electron chi connectivity index (χ1n) is 6.13. The summed E-state index contributed by atoms with van der Waals surface area (Å²) in [5.41, 5.74) is -0.398. The third-order valence-corrected chi connectivity index (χ3v) is 4.31. The van der Waals surface area contributed by atoms with Crippen LogP contribution in [0.15, 0.2) is 53.4 Å². The Kier molecular flexibility index (Phi) is 4.43. The monoisotopic (exact) mass is 331 g/mol. The zero-order valence-electron chi connectivity index (χ0n) is 11.1. The maximum atomic E-state index is 12.5. The lowest BCUT2D eigenvalue weighted by Gasteiger charge is -2.12. The summed E-state index contributed by atoms with van der Waals surface area (Å²) in [4.78, 5) is -0.298. The predicted octanol–water partition coefficient (Wildman–Crippen LogP) is 3.00. The second kappa shape index (κ2) is 5.98. The van der Waals surface area contributed by atoms with Gasteiger partial charge in [-0.05, 0) is 30.3 Å². The van der Waals surface area contributed by atoms with Gasteiger partial charge < -0.3 is 5.11 Å². The van der Waals surface area contributed by atoms with Crippen LogP contribution >= 0.6 is 0 Å². The minimum Gasteiger partial charge on any atom is -0.392 e. The first-order valence-corrected chi connectivity index (χ1v) is 7.61. The van der Waals surface area contributed by atoms with Gasteiger partial charge in [0.15, 0.2) is 0 Å². The molecule has 0 spiro atoms. The Labute approximate surface area is 125 Å². The molecule has 0 aliphatic rings. The Morgan fingerprint density at radius 2 is 1.59 bits per heavy atom. The minimum absolute atomic E-state index is 0.171. The lowest BCUT2D eigenvalue weighted by Crippen LogP contribution is -2.15. The maximum absolute atomic E-state index is 12.5. The summed E-state index contributed by atoms with van der Waals surface area (Å²) in [5, 5.41) is 9.15. The van der Waals surface area contributed by atoms with Gasteiger partial charge in [-0.25, -0.2) is 8.42 Å². The van der Waals surface area contributed by atoms with Gasteiger partial charge in [-0.1, -0.05) is 18.2 Å². The fourth-order valence-corrected chi connectivity index (χ4v) is 2.89. The van der Waals surface area contributed by atoms with Crippen LogP contribution in [0.5, 0.6) is 0 Å². The molecule has 0 aromatic heterocycles. The topological polar surface area (TPSA) is 66.4 Å². The fraction of sp³-hybridized carbons (Fsp3) is 0.143. The number of para-hydroxylation sites is 1. The number of anilines is 1. The van der Waals surface area contributed by atoms with E-state index in [9.17, 15) is 21.6 Å². The number of alkyl halides is 3. The number of hydrogen-bond donors (Lipinski definition) is 2. The first kappa shape index (κ1) is 16.3. The first-order chi connectivity index (χ1) is 10.2. The van der Waals surface area contributed by atoms with E-state index in [0.29, 0.717) is 17.7 Å². The lowest BCUT2D eigenvalue weighted by molar-refractivity contribution is -0.137. The van der Waals surface area contributed by atoms with Crippen LogP contribution in [0, 0.1) is 0 Å². The number of nitrogens with one attached hydrogen (secondary N) is 1. The highest BCUT2D eigenvalue weighted by Crippen LogP contribution is 2.30. The van der Waals surface area contributed by atoms with Gasteiger partial charge in [0.05, 0.1) is 22.8 Å². The SMILES string of the molecule is O=S(=O)(Nc1ccccc1CO)c1ccc(C(F)(F)F)cc1. The number of benzene rings is 2. The molecule has 0 bridgehead atoms. The molecule has 2 aromatic rings.